The molecule has 0 aliphatic carbocycles. The van der Waals surface area contributed by atoms with Crippen LogP contribution in [0.15, 0.2) is 30.5 Å². The van der Waals surface area contributed by atoms with Crippen LogP contribution in [0.1, 0.15) is 0 Å². The van der Waals surface area contributed by atoms with E-state index >= 15 is 0 Å². The Morgan fingerprint density at radius 1 is 1.11 bits per heavy atom. The zero-order valence-electron chi connectivity index (χ0n) is 9.11. The van der Waals surface area contributed by atoms with Gasteiger partial charge in [0.15, 0.2) is 17.3 Å². The monoisotopic (exact) mass is 246 g/mol. The van der Waals surface area contributed by atoms with E-state index in [9.17, 15) is 8.78 Å². The van der Waals surface area contributed by atoms with Crippen LogP contribution in [0.5, 0.6) is 0 Å². The number of aromatic amines is 1. The summed E-state index contributed by atoms with van der Waals surface area (Å²) in [6.07, 6.45) is 1.48. The highest BCUT2D eigenvalue weighted by atomic mass is 19.2. The molecule has 0 saturated carbocycles. The molecule has 0 spiro atoms. The van der Waals surface area contributed by atoms with Crippen LogP contribution in [0.25, 0.3) is 22.6 Å². The summed E-state index contributed by atoms with van der Waals surface area (Å²) in [6, 6.07) is 5.26. The molecule has 0 aliphatic heterocycles. The normalized spacial score (nSPS) is 11.0. The van der Waals surface area contributed by atoms with Crippen molar-refractivity contribution < 1.29 is 8.78 Å². The Balaban J connectivity index is 2.16. The van der Waals surface area contributed by atoms with Gasteiger partial charge in [0.2, 0.25) is 0 Å². The fourth-order valence-electron chi connectivity index (χ4n) is 1.70. The molecule has 3 rings (SSSR count). The number of nitrogens with one attached hydrogen (secondary N) is 1. The molecule has 0 saturated heterocycles. The minimum atomic E-state index is -0.916. The minimum absolute atomic E-state index is 0.419. The molecule has 90 valence electrons. The molecule has 0 fully saturated rings. The van der Waals surface area contributed by atoms with Crippen LogP contribution in [-0.2, 0) is 0 Å². The van der Waals surface area contributed by atoms with Gasteiger partial charge in [-0.05, 0) is 24.3 Å². The van der Waals surface area contributed by atoms with Gasteiger partial charge >= 0.3 is 0 Å². The van der Waals surface area contributed by atoms with Crippen LogP contribution in [0.2, 0.25) is 0 Å². The van der Waals surface area contributed by atoms with E-state index in [0.29, 0.717) is 28.2 Å². The molecular formula is C12H8F2N4. The summed E-state index contributed by atoms with van der Waals surface area (Å²) in [5.41, 5.74) is 7.67. The lowest BCUT2D eigenvalue weighted by Gasteiger charge is -1.97. The van der Waals surface area contributed by atoms with Gasteiger partial charge in [0.1, 0.15) is 5.82 Å². The second-order valence-corrected chi connectivity index (χ2v) is 3.85. The van der Waals surface area contributed by atoms with Gasteiger partial charge in [-0.25, -0.2) is 18.7 Å². The molecule has 18 heavy (non-hydrogen) atoms. The molecule has 3 aromatic rings. The van der Waals surface area contributed by atoms with E-state index in [1.54, 1.807) is 6.07 Å². The molecule has 0 atom stereocenters. The van der Waals surface area contributed by atoms with E-state index in [1.165, 1.54) is 12.3 Å². The third-order valence-electron chi connectivity index (χ3n) is 2.55. The molecular weight excluding hydrogens is 238 g/mol. The lowest BCUT2D eigenvalue weighted by Crippen LogP contribution is -1.86. The fraction of sp³-hybridized carbons (Fsp3) is 0. The number of nitrogens with zero attached hydrogens (tertiary/aromatic N) is 2. The number of pyridine rings is 1. The van der Waals surface area contributed by atoms with E-state index in [4.69, 9.17) is 5.73 Å². The summed E-state index contributed by atoms with van der Waals surface area (Å²) >= 11 is 0. The Kier molecular flexibility index (Phi) is 2.22. The van der Waals surface area contributed by atoms with Crippen molar-refractivity contribution in [3.05, 3.63) is 42.1 Å². The predicted octanol–water partition coefficient (Wildman–Crippen LogP) is 2.49. The second-order valence-electron chi connectivity index (χ2n) is 3.85. The predicted molar refractivity (Wildman–Crippen MR) is 63.7 cm³/mol. The number of rotatable bonds is 1. The topological polar surface area (TPSA) is 67.6 Å². The molecule has 0 radical (unpaired) electrons. The fourth-order valence-corrected chi connectivity index (χ4v) is 1.70. The highest BCUT2D eigenvalue weighted by Crippen LogP contribution is 2.22. The third kappa shape index (κ3) is 1.67. The number of H-pyrrole nitrogens is 1. The van der Waals surface area contributed by atoms with Crippen molar-refractivity contribution in [1.82, 2.24) is 15.0 Å². The maximum Gasteiger partial charge on any atom is 0.178 e. The maximum absolute atomic E-state index is 13.1. The van der Waals surface area contributed by atoms with Crippen molar-refractivity contribution in [1.29, 1.82) is 0 Å². The number of halogens is 2. The van der Waals surface area contributed by atoms with E-state index in [1.807, 2.05) is 0 Å². The van der Waals surface area contributed by atoms with Crippen LogP contribution in [-0.4, -0.2) is 15.0 Å². The third-order valence-corrected chi connectivity index (χ3v) is 2.55. The quantitative estimate of drug-likeness (QED) is 0.693. The SMILES string of the molecule is Nc1cnc2nc(-c3ccc(F)c(F)c3)[nH]c2c1. The van der Waals surface area contributed by atoms with Crippen molar-refractivity contribution in [2.75, 3.05) is 5.73 Å². The van der Waals surface area contributed by atoms with Crippen molar-refractivity contribution in [3.63, 3.8) is 0 Å². The van der Waals surface area contributed by atoms with Gasteiger partial charge in [-0.1, -0.05) is 0 Å². The number of hydrogen-bond acceptors (Lipinski definition) is 3. The second kappa shape index (κ2) is 3.76. The largest absolute Gasteiger partial charge is 0.397 e. The number of anilines is 1. The molecule has 0 aliphatic rings. The van der Waals surface area contributed by atoms with Crippen LogP contribution in [0, 0.1) is 11.6 Å². The lowest BCUT2D eigenvalue weighted by atomic mass is 10.2. The Bertz CT molecular complexity index is 736. The Morgan fingerprint density at radius 3 is 2.72 bits per heavy atom. The smallest absolute Gasteiger partial charge is 0.178 e. The zero-order valence-corrected chi connectivity index (χ0v) is 9.11. The maximum atomic E-state index is 13.1. The van der Waals surface area contributed by atoms with Crippen LogP contribution >= 0.6 is 0 Å². The zero-order chi connectivity index (χ0) is 12.7. The molecule has 3 N–H and O–H groups in total. The van der Waals surface area contributed by atoms with Crippen LogP contribution in [0.4, 0.5) is 14.5 Å². The Labute approximate surface area is 100 Å². The number of nitrogens with two attached hydrogens (primary N) is 1. The first kappa shape index (κ1) is 10.6. The summed E-state index contributed by atoms with van der Waals surface area (Å²) in [5, 5.41) is 0. The molecule has 0 amide bonds. The molecule has 2 heterocycles. The number of nitrogen functional groups attached to an aromatic ring is 1. The number of imidazole rings is 1. The highest BCUT2D eigenvalue weighted by Gasteiger charge is 2.09. The summed E-state index contributed by atoms with van der Waals surface area (Å²) in [6.45, 7) is 0. The summed E-state index contributed by atoms with van der Waals surface area (Å²) in [5.74, 6) is -1.39. The van der Waals surface area contributed by atoms with Crippen molar-refractivity contribution in [2.45, 2.75) is 0 Å². The first-order valence-electron chi connectivity index (χ1n) is 5.20. The average molecular weight is 246 g/mol. The Hall–Kier alpha value is -2.50. The Morgan fingerprint density at radius 2 is 1.94 bits per heavy atom. The van der Waals surface area contributed by atoms with Gasteiger partial charge in [-0.2, -0.15) is 0 Å². The molecule has 6 heteroatoms. The molecule has 2 aromatic heterocycles. The van der Waals surface area contributed by atoms with Crippen molar-refractivity contribution >= 4 is 16.9 Å². The molecule has 1 aromatic carbocycles. The molecule has 0 bridgehead atoms. The highest BCUT2D eigenvalue weighted by molar-refractivity contribution is 5.78. The lowest BCUT2D eigenvalue weighted by molar-refractivity contribution is 0.509. The van der Waals surface area contributed by atoms with Gasteiger partial charge in [0.25, 0.3) is 0 Å². The number of hydrogen-bond donors (Lipinski definition) is 2. The van der Waals surface area contributed by atoms with E-state index in [-0.39, 0.29) is 0 Å². The standard InChI is InChI=1S/C12H8F2N4/c13-8-2-1-6(3-9(8)14)11-17-10-4-7(15)5-16-12(10)18-11/h1-5H,15H2,(H,16,17,18). The van der Waals surface area contributed by atoms with Crippen LogP contribution < -0.4 is 5.73 Å². The van der Waals surface area contributed by atoms with Gasteiger partial charge in [-0.3, -0.25) is 0 Å². The van der Waals surface area contributed by atoms with E-state index < -0.39 is 11.6 Å². The van der Waals surface area contributed by atoms with Crippen molar-refractivity contribution in [2.24, 2.45) is 0 Å². The summed E-state index contributed by atoms with van der Waals surface area (Å²) in [7, 11) is 0. The van der Waals surface area contributed by atoms with E-state index in [2.05, 4.69) is 15.0 Å². The minimum Gasteiger partial charge on any atom is -0.397 e. The van der Waals surface area contributed by atoms with Crippen LogP contribution in [0.3, 0.4) is 0 Å². The number of aromatic nitrogens is 3. The molecule has 0 unspecified atom stereocenters. The van der Waals surface area contributed by atoms with Gasteiger partial charge in [0.05, 0.1) is 17.4 Å². The van der Waals surface area contributed by atoms with Gasteiger partial charge in [-0.15, -0.1) is 0 Å². The first-order chi connectivity index (χ1) is 8.63. The van der Waals surface area contributed by atoms with E-state index in [0.717, 1.165) is 12.1 Å². The number of benzene rings is 1. The van der Waals surface area contributed by atoms with Gasteiger partial charge < -0.3 is 10.7 Å². The van der Waals surface area contributed by atoms with Gasteiger partial charge in [0, 0.05) is 5.56 Å². The number of fused-ring (bicyclic) bond motifs is 1. The molecule has 4 nitrogen and oxygen atoms in total. The van der Waals surface area contributed by atoms with Crippen molar-refractivity contribution in [3.8, 4) is 11.4 Å². The summed E-state index contributed by atoms with van der Waals surface area (Å²) < 4.78 is 26.0. The average Bonchev–Trinajstić information content (AvgIpc) is 2.75. The summed E-state index contributed by atoms with van der Waals surface area (Å²) in [4.78, 5) is 11.2. The first-order valence-corrected chi connectivity index (χ1v) is 5.20.